The molecule has 7 nitrogen and oxygen atoms in total. The Bertz CT molecular complexity index is 1120. The molecule has 0 saturated heterocycles. The van der Waals surface area contributed by atoms with Crippen LogP contribution in [0.3, 0.4) is 0 Å². The molecule has 1 heterocycles. The third-order valence-corrected chi connectivity index (χ3v) is 5.50. The van der Waals surface area contributed by atoms with Gasteiger partial charge in [0.15, 0.2) is 11.5 Å². The molecule has 2 amide bonds. The van der Waals surface area contributed by atoms with Crippen molar-refractivity contribution in [3.05, 3.63) is 53.7 Å². The van der Waals surface area contributed by atoms with Crippen molar-refractivity contribution in [2.75, 3.05) is 19.5 Å². The fraction of sp³-hybridized carbons (Fsp3) is 0.304. The van der Waals surface area contributed by atoms with Gasteiger partial charge in [-0.1, -0.05) is 6.07 Å². The van der Waals surface area contributed by atoms with Crippen LogP contribution in [-0.4, -0.2) is 30.6 Å². The van der Waals surface area contributed by atoms with E-state index in [-0.39, 0.29) is 24.4 Å². The van der Waals surface area contributed by atoms with Crippen molar-refractivity contribution in [1.82, 2.24) is 9.88 Å². The Morgan fingerprint density at radius 2 is 1.90 bits per heavy atom. The van der Waals surface area contributed by atoms with Crippen molar-refractivity contribution in [2.45, 2.75) is 32.4 Å². The van der Waals surface area contributed by atoms with Crippen molar-refractivity contribution in [3.8, 4) is 11.5 Å². The van der Waals surface area contributed by atoms with Crippen LogP contribution in [0.4, 0.5) is 5.69 Å². The highest BCUT2D eigenvalue weighted by Gasteiger charge is 2.26. The molecular weight excluding hydrogens is 382 g/mol. The number of anilines is 1. The van der Waals surface area contributed by atoms with Crippen LogP contribution in [0.1, 0.15) is 30.5 Å². The zero-order valence-corrected chi connectivity index (χ0v) is 17.3. The number of fused-ring (bicyclic) bond motifs is 2. The molecule has 0 unspecified atom stereocenters. The molecular formula is C23H25N3O4. The fourth-order valence-electron chi connectivity index (χ4n) is 4.14. The van der Waals surface area contributed by atoms with Gasteiger partial charge >= 0.3 is 0 Å². The third-order valence-electron chi connectivity index (χ3n) is 5.50. The molecule has 3 aromatic rings. The number of aromatic nitrogens is 1. The molecule has 1 aliphatic carbocycles. The summed E-state index contributed by atoms with van der Waals surface area (Å²) in [6, 6.07) is 11.5. The molecule has 1 aromatic heterocycles. The second-order valence-electron chi connectivity index (χ2n) is 7.43. The lowest BCUT2D eigenvalue weighted by atomic mass is 10.1. The number of ether oxygens (including phenoxy) is 2. The zero-order valence-electron chi connectivity index (χ0n) is 17.3. The molecule has 2 N–H and O–H groups in total. The average molecular weight is 407 g/mol. The standard InChI is InChI=1S/C23H25N3O4/c1-14(27)24-18-5-4-6-20-16(18)9-10-26(20)13-23(28)25-19-8-7-15-11-21(29-2)22(30-3)12-17(15)19/h4-6,9-12,19H,7-8,13H2,1-3H3,(H,24,27)(H,25,28)/t19-/m0/s1. The van der Waals surface area contributed by atoms with Gasteiger partial charge in [0.05, 0.1) is 31.5 Å². The predicted molar refractivity (Wildman–Crippen MR) is 115 cm³/mol. The van der Waals surface area contributed by atoms with Crippen LogP contribution < -0.4 is 20.1 Å². The highest BCUT2D eigenvalue weighted by atomic mass is 16.5. The van der Waals surface area contributed by atoms with E-state index < -0.39 is 0 Å². The lowest BCUT2D eigenvalue weighted by Crippen LogP contribution is -2.30. The SMILES string of the molecule is COc1cc2c(cc1OC)[C@@H](NC(=O)Cn1ccc3c(NC(C)=O)cccc31)CC2. The van der Waals surface area contributed by atoms with Gasteiger partial charge in [0.25, 0.3) is 0 Å². The molecule has 1 atom stereocenters. The van der Waals surface area contributed by atoms with Gasteiger partial charge in [0.2, 0.25) is 11.8 Å². The van der Waals surface area contributed by atoms with Crippen LogP contribution in [0.25, 0.3) is 10.9 Å². The number of nitrogens with zero attached hydrogens (tertiary/aromatic N) is 1. The number of nitrogens with one attached hydrogen (secondary N) is 2. The minimum Gasteiger partial charge on any atom is -0.493 e. The molecule has 1 aliphatic rings. The Balaban J connectivity index is 1.51. The smallest absolute Gasteiger partial charge is 0.240 e. The maximum absolute atomic E-state index is 12.8. The van der Waals surface area contributed by atoms with Gasteiger partial charge in [-0.25, -0.2) is 0 Å². The number of carbonyl (C=O) groups excluding carboxylic acids is 2. The zero-order chi connectivity index (χ0) is 21.3. The summed E-state index contributed by atoms with van der Waals surface area (Å²) in [4.78, 5) is 24.2. The Morgan fingerprint density at radius 3 is 2.63 bits per heavy atom. The summed E-state index contributed by atoms with van der Waals surface area (Å²) < 4.78 is 12.7. The van der Waals surface area contributed by atoms with Crippen molar-refractivity contribution in [3.63, 3.8) is 0 Å². The lowest BCUT2D eigenvalue weighted by Gasteiger charge is -2.17. The number of hydrogen-bond acceptors (Lipinski definition) is 4. The van der Waals surface area contributed by atoms with Crippen LogP contribution in [-0.2, 0) is 22.6 Å². The number of rotatable bonds is 6. The molecule has 2 aromatic carbocycles. The number of methoxy groups -OCH3 is 2. The summed E-state index contributed by atoms with van der Waals surface area (Å²) in [5.41, 5.74) is 3.88. The van der Waals surface area contributed by atoms with Crippen molar-refractivity contribution in [2.24, 2.45) is 0 Å². The Kier molecular flexibility index (Phi) is 5.35. The normalized spacial score (nSPS) is 15.0. The summed E-state index contributed by atoms with van der Waals surface area (Å²) in [7, 11) is 3.23. The first-order chi connectivity index (χ1) is 14.5. The minimum absolute atomic E-state index is 0.0518. The van der Waals surface area contributed by atoms with Crippen LogP contribution >= 0.6 is 0 Å². The molecule has 0 saturated carbocycles. The first-order valence-electron chi connectivity index (χ1n) is 9.89. The number of amides is 2. The van der Waals surface area contributed by atoms with Gasteiger partial charge in [-0.2, -0.15) is 0 Å². The van der Waals surface area contributed by atoms with E-state index in [1.807, 2.05) is 47.2 Å². The first-order valence-corrected chi connectivity index (χ1v) is 9.89. The Labute approximate surface area is 175 Å². The Morgan fingerprint density at radius 1 is 1.13 bits per heavy atom. The molecule has 0 radical (unpaired) electrons. The van der Waals surface area contributed by atoms with E-state index in [0.29, 0.717) is 11.5 Å². The molecule has 0 aliphatic heterocycles. The maximum Gasteiger partial charge on any atom is 0.240 e. The van der Waals surface area contributed by atoms with Crippen molar-refractivity contribution in [1.29, 1.82) is 0 Å². The third kappa shape index (κ3) is 3.70. The topological polar surface area (TPSA) is 81.6 Å². The monoisotopic (exact) mass is 407 g/mol. The second-order valence-corrected chi connectivity index (χ2v) is 7.43. The van der Waals surface area contributed by atoms with E-state index in [4.69, 9.17) is 9.47 Å². The summed E-state index contributed by atoms with van der Waals surface area (Å²) in [5, 5.41) is 6.88. The van der Waals surface area contributed by atoms with E-state index in [1.165, 1.54) is 12.5 Å². The van der Waals surface area contributed by atoms with E-state index in [2.05, 4.69) is 10.6 Å². The minimum atomic E-state index is -0.125. The van der Waals surface area contributed by atoms with E-state index >= 15 is 0 Å². The second kappa shape index (κ2) is 8.10. The summed E-state index contributed by atoms with van der Waals surface area (Å²) >= 11 is 0. The van der Waals surface area contributed by atoms with E-state index in [0.717, 1.165) is 35.0 Å². The summed E-state index contributed by atoms with van der Waals surface area (Å²) in [6.45, 7) is 1.68. The van der Waals surface area contributed by atoms with Crippen LogP contribution in [0.2, 0.25) is 0 Å². The molecule has 4 rings (SSSR count). The number of benzene rings is 2. The van der Waals surface area contributed by atoms with Gasteiger partial charge in [0, 0.05) is 18.5 Å². The molecule has 156 valence electrons. The van der Waals surface area contributed by atoms with Gasteiger partial charge in [0.1, 0.15) is 6.54 Å². The lowest BCUT2D eigenvalue weighted by molar-refractivity contribution is -0.122. The highest BCUT2D eigenvalue weighted by Crippen LogP contribution is 2.39. The quantitative estimate of drug-likeness (QED) is 0.656. The molecule has 7 heteroatoms. The average Bonchev–Trinajstić information content (AvgIpc) is 3.31. The number of aryl methyl sites for hydroxylation is 1. The summed E-state index contributed by atoms with van der Waals surface area (Å²) in [6.07, 6.45) is 3.59. The largest absolute Gasteiger partial charge is 0.493 e. The van der Waals surface area contributed by atoms with Crippen LogP contribution in [0.15, 0.2) is 42.6 Å². The van der Waals surface area contributed by atoms with Gasteiger partial charge < -0.3 is 24.7 Å². The van der Waals surface area contributed by atoms with Crippen LogP contribution in [0, 0.1) is 0 Å². The predicted octanol–water partition coefficient (Wildman–Crippen LogP) is 3.42. The van der Waals surface area contributed by atoms with Gasteiger partial charge in [-0.05, 0) is 54.3 Å². The highest BCUT2D eigenvalue weighted by molar-refractivity contribution is 6.01. The van der Waals surface area contributed by atoms with Crippen molar-refractivity contribution < 1.29 is 19.1 Å². The van der Waals surface area contributed by atoms with Crippen molar-refractivity contribution >= 4 is 28.4 Å². The first kappa shape index (κ1) is 19.8. The van der Waals surface area contributed by atoms with Gasteiger partial charge in [-0.15, -0.1) is 0 Å². The van der Waals surface area contributed by atoms with Crippen LogP contribution in [0.5, 0.6) is 11.5 Å². The molecule has 0 bridgehead atoms. The number of hydrogen-bond donors (Lipinski definition) is 2. The number of carbonyl (C=O) groups is 2. The fourth-order valence-corrected chi connectivity index (χ4v) is 4.14. The Hall–Kier alpha value is -3.48. The summed E-state index contributed by atoms with van der Waals surface area (Å²) in [5.74, 6) is 1.18. The van der Waals surface area contributed by atoms with Gasteiger partial charge in [-0.3, -0.25) is 9.59 Å². The maximum atomic E-state index is 12.8. The molecule has 0 spiro atoms. The molecule has 0 fully saturated rings. The van der Waals surface area contributed by atoms with E-state index in [1.54, 1.807) is 14.2 Å². The van der Waals surface area contributed by atoms with E-state index in [9.17, 15) is 9.59 Å². The molecule has 30 heavy (non-hydrogen) atoms.